The van der Waals surface area contributed by atoms with Gasteiger partial charge in [-0.3, -0.25) is 9.29 Å². The van der Waals surface area contributed by atoms with Gasteiger partial charge in [0, 0.05) is 33.0 Å². The van der Waals surface area contributed by atoms with Crippen molar-refractivity contribution < 1.29 is 22.3 Å². The molecule has 4 rings (SSSR count). The van der Waals surface area contributed by atoms with E-state index in [1.807, 2.05) is 0 Å². The summed E-state index contributed by atoms with van der Waals surface area (Å²) in [6, 6.07) is 9.04. The van der Waals surface area contributed by atoms with E-state index < -0.39 is 21.6 Å². The average molecular weight is 376 g/mol. The van der Waals surface area contributed by atoms with Crippen molar-refractivity contribution >= 4 is 26.8 Å². The molecule has 1 aliphatic heterocycles. The van der Waals surface area contributed by atoms with Crippen LogP contribution in [0.25, 0.3) is 11.1 Å². The zero-order valence-electron chi connectivity index (χ0n) is 14.3. The molecular weight excluding hydrogens is 360 g/mol. The maximum atomic E-state index is 12.7. The fourth-order valence-corrected chi connectivity index (χ4v) is 3.85. The molecule has 0 saturated heterocycles. The molecule has 1 N–H and O–H groups in total. The largest absolute Gasteiger partial charge is 0.449 e. The van der Waals surface area contributed by atoms with Crippen LogP contribution in [0.1, 0.15) is 13.8 Å². The van der Waals surface area contributed by atoms with Gasteiger partial charge in [-0.1, -0.05) is 0 Å². The van der Waals surface area contributed by atoms with E-state index in [1.54, 1.807) is 39.1 Å². The Balaban J connectivity index is 1.67. The zero-order valence-corrected chi connectivity index (χ0v) is 15.1. The van der Waals surface area contributed by atoms with Crippen molar-refractivity contribution in [1.29, 1.82) is 0 Å². The molecule has 1 aromatic heterocycles. The van der Waals surface area contributed by atoms with Crippen LogP contribution in [-0.4, -0.2) is 18.8 Å². The fraction of sp³-hybridized carbons (Fsp3) is 0.235. The fourth-order valence-electron chi connectivity index (χ4n) is 2.78. The molecule has 0 amide bonds. The van der Waals surface area contributed by atoms with Gasteiger partial charge in [0.15, 0.2) is 17.1 Å². The maximum Gasteiger partial charge on any atom is 0.419 e. The molecule has 2 aromatic carbocycles. The molecule has 1 aliphatic rings. The molecule has 0 bridgehead atoms. The Morgan fingerprint density at radius 3 is 2.54 bits per heavy atom. The molecule has 3 aromatic rings. The SMILES string of the molecule is Cn1c(=O)oc2cc(S(=O)(=O)Nc3ccc4c(c3)OC(C)(C)O4)ccc21. The van der Waals surface area contributed by atoms with Gasteiger partial charge in [-0.05, 0) is 24.3 Å². The van der Waals surface area contributed by atoms with Crippen LogP contribution in [0.4, 0.5) is 5.69 Å². The van der Waals surface area contributed by atoms with Crippen molar-refractivity contribution in [3.8, 4) is 11.5 Å². The third kappa shape index (κ3) is 2.70. The average Bonchev–Trinajstić information content (AvgIpc) is 3.01. The number of anilines is 1. The third-order valence-corrected chi connectivity index (χ3v) is 5.36. The standard InChI is InChI=1S/C17H16N2O6S/c1-17(2)24-13-7-4-10(8-15(13)25-17)18-26(21,22)11-5-6-12-14(9-11)23-16(20)19(12)3/h4-9,18H,1-3H3. The lowest BCUT2D eigenvalue weighted by atomic mass is 10.3. The Hall–Kier alpha value is -2.94. The summed E-state index contributed by atoms with van der Waals surface area (Å²) in [5.74, 6) is -0.346. The van der Waals surface area contributed by atoms with Gasteiger partial charge in [0.1, 0.15) is 0 Å². The van der Waals surface area contributed by atoms with Gasteiger partial charge < -0.3 is 13.9 Å². The number of aryl methyl sites for hydroxylation is 1. The molecular formula is C17H16N2O6S. The minimum Gasteiger partial charge on any atom is -0.449 e. The number of nitrogens with zero attached hydrogens (tertiary/aromatic N) is 1. The molecule has 0 aliphatic carbocycles. The number of rotatable bonds is 3. The van der Waals surface area contributed by atoms with Crippen molar-refractivity contribution in [2.45, 2.75) is 24.5 Å². The first-order valence-corrected chi connectivity index (χ1v) is 9.27. The number of aromatic nitrogens is 1. The van der Waals surface area contributed by atoms with Gasteiger partial charge in [-0.15, -0.1) is 0 Å². The number of oxazole rings is 1. The summed E-state index contributed by atoms with van der Waals surface area (Å²) in [4.78, 5) is 11.5. The van der Waals surface area contributed by atoms with Crippen LogP contribution >= 0.6 is 0 Å². The van der Waals surface area contributed by atoms with Gasteiger partial charge in [0.05, 0.1) is 16.1 Å². The number of ether oxygens (including phenoxy) is 2. The Morgan fingerprint density at radius 2 is 1.77 bits per heavy atom. The van der Waals surface area contributed by atoms with E-state index in [-0.39, 0.29) is 10.5 Å². The van der Waals surface area contributed by atoms with Gasteiger partial charge in [0.25, 0.3) is 10.0 Å². The molecule has 8 nitrogen and oxygen atoms in total. The van der Waals surface area contributed by atoms with E-state index in [9.17, 15) is 13.2 Å². The van der Waals surface area contributed by atoms with Crippen molar-refractivity contribution in [2.24, 2.45) is 7.05 Å². The predicted octanol–water partition coefficient (Wildman–Crippen LogP) is 2.44. The molecule has 0 radical (unpaired) electrons. The highest BCUT2D eigenvalue weighted by atomic mass is 32.2. The van der Waals surface area contributed by atoms with Crippen LogP contribution in [0.2, 0.25) is 0 Å². The number of nitrogens with one attached hydrogen (secondary N) is 1. The smallest absolute Gasteiger partial charge is 0.419 e. The van der Waals surface area contributed by atoms with Crippen LogP contribution in [-0.2, 0) is 17.1 Å². The molecule has 0 saturated carbocycles. The van der Waals surface area contributed by atoms with Crippen LogP contribution in [0, 0.1) is 0 Å². The molecule has 26 heavy (non-hydrogen) atoms. The molecule has 2 heterocycles. The molecule has 0 fully saturated rings. The molecule has 9 heteroatoms. The molecule has 0 unspecified atom stereocenters. The van der Waals surface area contributed by atoms with Crippen molar-refractivity contribution in [2.75, 3.05) is 4.72 Å². The molecule has 0 atom stereocenters. The highest BCUT2D eigenvalue weighted by Gasteiger charge is 2.32. The third-order valence-electron chi connectivity index (χ3n) is 3.98. The van der Waals surface area contributed by atoms with Gasteiger partial charge in [-0.25, -0.2) is 13.2 Å². The van der Waals surface area contributed by atoms with E-state index in [2.05, 4.69) is 4.72 Å². The van der Waals surface area contributed by atoms with E-state index >= 15 is 0 Å². The second-order valence-electron chi connectivity index (χ2n) is 6.43. The Bertz CT molecular complexity index is 1190. The van der Waals surface area contributed by atoms with E-state index in [0.29, 0.717) is 22.7 Å². The Kier molecular flexibility index (Phi) is 3.35. The number of sulfonamides is 1. The Labute approximate surface area is 149 Å². The van der Waals surface area contributed by atoms with E-state index in [4.69, 9.17) is 13.9 Å². The van der Waals surface area contributed by atoms with Crippen molar-refractivity contribution in [1.82, 2.24) is 4.57 Å². The minimum absolute atomic E-state index is 0.0163. The van der Waals surface area contributed by atoms with Crippen LogP contribution in [0.3, 0.4) is 0 Å². The summed E-state index contributed by atoms with van der Waals surface area (Å²) in [5, 5.41) is 0. The molecule has 136 valence electrons. The first-order chi connectivity index (χ1) is 12.1. The lowest BCUT2D eigenvalue weighted by Gasteiger charge is -2.16. The number of hydrogen-bond acceptors (Lipinski definition) is 6. The molecule has 0 spiro atoms. The number of benzene rings is 2. The first-order valence-electron chi connectivity index (χ1n) is 7.79. The lowest BCUT2D eigenvalue weighted by molar-refractivity contribution is -0.0431. The highest BCUT2D eigenvalue weighted by molar-refractivity contribution is 7.92. The maximum absolute atomic E-state index is 12.7. The second kappa shape index (κ2) is 5.28. The van der Waals surface area contributed by atoms with Gasteiger partial charge in [-0.2, -0.15) is 0 Å². The monoisotopic (exact) mass is 376 g/mol. The number of fused-ring (bicyclic) bond motifs is 2. The summed E-state index contributed by atoms with van der Waals surface area (Å²) in [6.07, 6.45) is 0. The summed E-state index contributed by atoms with van der Waals surface area (Å²) in [5.41, 5.74) is 1.05. The normalized spacial score (nSPS) is 15.3. The van der Waals surface area contributed by atoms with Gasteiger partial charge in [0.2, 0.25) is 5.79 Å². The predicted molar refractivity (Wildman–Crippen MR) is 94.0 cm³/mol. The van der Waals surface area contributed by atoms with Crippen LogP contribution in [0.5, 0.6) is 11.5 Å². The summed E-state index contributed by atoms with van der Waals surface area (Å²) >= 11 is 0. The van der Waals surface area contributed by atoms with Crippen LogP contribution in [0.15, 0.2) is 50.5 Å². The van der Waals surface area contributed by atoms with E-state index in [0.717, 1.165) is 0 Å². The van der Waals surface area contributed by atoms with Gasteiger partial charge >= 0.3 is 5.76 Å². The lowest BCUT2D eigenvalue weighted by Crippen LogP contribution is -2.29. The summed E-state index contributed by atoms with van der Waals surface area (Å²) in [7, 11) is -2.32. The Morgan fingerprint density at radius 1 is 1.04 bits per heavy atom. The van der Waals surface area contributed by atoms with Crippen LogP contribution < -0.4 is 20.0 Å². The second-order valence-corrected chi connectivity index (χ2v) is 8.11. The highest BCUT2D eigenvalue weighted by Crippen LogP contribution is 2.41. The first kappa shape index (κ1) is 16.5. The topological polar surface area (TPSA) is 99.8 Å². The number of hydrogen-bond donors (Lipinski definition) is 1. The summed E-state index contributed by atoms with van der Waals surface area (Å²) < 4.78 is 45.3. The minimum atomic E-state index is -3.87. The summed E-state index contributed by atoms with van der Waals surface area (Å²) in [6.45, 7) is 3.53. The van der Waals surface area contributed by atoms with Crippen molar-refractivity contribution in [3.05, 3.63) is 46.9 Å². The zero-order chi connectivity index (χ0) is 18.7. The van der Waals surface area contributed by atoms with Crippen molar-refractivity contribution in [3.63, 3.8) is 0 Å². The quantitative estimate of drug-likeness (QED) is 0.754. The van der Waals surface area contributed by atoms with E-state index in [1.165, 1.54) is 22.8 Å².